The Morgan fingerprint density at radius 3 is 2.42 bits per heavy atom. The van der Waals surface area contributed by atoms with Gasteiger partial charge in [-0.1, -0.05) is 37.6 Å². The molecule has 2 aliphatic rings. The minimum atomic E-state index is -0.415. The first kappa shape index (κ1) is 17.0. The first-order valence-electron chi connectivity index (χ1n) is 8.72. The summed E-state index contributed by atoms with van der Waals surface area (Å²) in [5.41, 5.74) is 2.13. The van der Waals surface area contributed by atoms with Crippen LogP contribution in [0.3, 0.4) is 0 Å². The number of hydrogen-bond acceptors (Lipinski definition) is 3. The number of anilines is 1. The fourth-order valence-electron chi connectivity index (χ4n) is 3.58. The van der Waals surface area contributed by atoms with E-state index < -0.39 is 5.91 Å². The summed E-state index contributed by atoms with van der Waals surface area (Å²) < 4.78 is 0. The highest BCUT2D eigenvalue weighted by Gasteiger charge is 2.43. The Morgan fingerprint density at radius 1 is 1.08 bits per heavy atom. The van der Waals surface area contributed by atoms with Crippen LogP contribution in [0.2, 0.25) is 0 Å². The van der Waals surface area contributed by atoms with Gasteiger partial charge in [0.2, 0.25) is 0 Å². The van der Waals surface area contributed by atoms with Crippen LogP contribution in [0.5, 0.6) is 0 Å². The molecule has 1 aromatic carbocycles. The molecule has 24 heavy (non-hydrogen) atoms. The molecule has 1 saturated heterocycles. The van der Waals surface area contributed by atoms with E-state index >= 15 is 0 Å². The summed E-state index contributed by atoms with van der Waals surface area (Å²) in [6.07, 6.45) is 5.08. The van der Waals surface area contributed by atoms with Crippen LogP contribution < -0.4 is 4.90 Å². The van der Waals surface area contributed by atoms with E-state index in [1.54, 1.807) is 0 Å². The maximum atomic E-state index is 13.0. The Bertz CT molecular complexity index is 681. The van der Waals surface area contributed by atoms with E-state index in [0.717, 1.165) is 38.6 Å². The van der Waals surface area contributed by atoms with Crippen molar-refractivity contribution in [2.75, 3.05) is 11.4 Å². The second-order valence-corrected chi connectivity index (χ2v) is 6.76. The normalized spacial score (nSPS) is 21.9. The lowest BCUT2D eigenvalue weighted by Crippen LogP contribution is -2.42. The van der Waals surface area contributed by atoms with Gasteiger partial charge in [0.1, 0.15) is 10.7 Å². The lowest BCUT2D eigenvalue weighted by molar-refractivity contribution is -0.121. The van der Waals surface area contributed by atoms with Crippen LogP contribution in [0.1, 0.15) is 45.1 Å². The molecule has 0 spiro atoms. The Labute approximate surface area is 148 Å². The van der Waals surface area contributed by atoms with Crippen LogP contribution in [0, 0.1) is 0 Å². The number of rotatable bonds is 4. The number of piperidine rings is 1. The topological polar surface area (TPSA) is 40.6 Å². The molecule has 4 nitrogen and oxygen atoms in total. The summed E-state index contributed by atoms with van der Waals surface area (Å²) in [7, 11) is 0. The number of carbonyl (C=O) groups excluding carboxylic acids is 2. The molecule has 1 fully saturated rings. The Morgan fingerprint density at radius 2 is 1.79 bits per heavy atom. The monoisotopic (exact) mass is 346 g/mol. The second kappa shape index (κ2) is 6.98. The second-order valence-electron chi connectivity index (χ2n) is 6.38. The zero-order chi connectivity index (χ0) is 17.3. The molecule has 0 bridgehead atoms. The van der Waals surface area contributed by atoms with Crippen LogP contribution in [0.25, 0.3) is 0 Å². The number of amides is 2. The zero-order valence-electron chi connectivity index (χ0n) is 14.2. The van der Waals surface area contributed by atoms with Crippen molar-refractivity contribution in [2.24, 2.45) is 0 Å². The van der Waals surface area contributed by atoms with Gasteiger partial charge in [-0.2, -0.15) is 0 Å². The highest BCUT2D eigenvalue weighted by atomic mass is 35.5. The van der Waals surface area contributed by atoms with Crippen molar-refractivity contribution in [3.05, 3.63) is 40.6 Å². The standard InChI is InChI=1S/C19H23ClN2O2/c1-3-13-8-10-15(11-9-13)22-18(23)16(20)17(19(22)24)21-12-6-5-7-14(21)4-2/h8-11,14H,3-7,12H2,1-2H3/t14-/m1/s1. The minimum absolute atomic E-state index is 0.0555. The molecule has 0 N–H and O–H groups in total. The molecule has 0 aliphatic carbocycles. The maximum Gasteiger partial charge on any atom is 0.283 e. The van der Waals surface area contributed by atoms with E-state index in [-0.39, 0.29) is 17.0 Å². The fraction of sp³-hybridized carbons (Fsp3) is 0.474. The molecule has 0 unspecified atom stereocenters. The van der Waals surface area contributed by atoms with Crippen molar-refractivity contribution in [3.8, 4) is 0 Å². The predicted molar refractivity (Wildman–Crippen MR) is 95.8 cm³/mol. The largest absolute Gasteiger partial charge is 0.363 e. The fourth-order valence-corrected chi connectivity index (χ4v) is 3.85. The number of benzene rings is 1. The predicted octanol–water partition coefficient (Wildman–Crippen LogP) is 3.84. The van der Waals surface area contributed by atoms with E-state index in [4.69, 9.17) is 11.6 Å². The summed E-state index contributed by atoms with van der Waals surface area (Å²) >= 11 is 6.31. The molecule has 1 atom stereocenters. The van der Waals surface area contributed by atoms with Gasteiger partial charge in [-0.05, 0) is 49.8 Å². The van der Waals surface area contributed by atoms with Crippen LogP contribution in [-0.4, -0.2) is 29.3 Å². The van der Waals surface area contributed by atoms with E-state index in [1.165, 1.54) is 10.5 Å². The molecule has 2 aliphatic heterocycles. The molecule has 128 valence electrons. The average molecular weight is 347 g/mol. The number of nitrogens with zero attached hydrogens (tertiary/aromatic N) is 2. The third-order valence-corrected chi connectivity index (χ3v) is 5.33. The van der Waals surface area contributed by atoms with Crippen LogP contribution in [0.4, 0.5) is 5.69 Å². The van der Waals surface area contributed by atoms with Crippen LogP contribution in [-0.2, 0) is 16.0 Å². The van der Waals surface area contributed by atoms with Crippen molar-refractivity contribution in [1.82, 2.24) is 4.90 Å². The zero-order valence-corrected chi connectivity index (χ0v) is 15.0. The Balaban J connectivity index is 1.92. The smallest absolute Gasteiger partial charge is 0.283 e. The third kappa shape index (κ3) is 2.84. The molecule has 5 heteroatoms. The summed E-state index contributed by atoms with van der Waals surface area (Å²) in [4.78, 5) is 28.8. The molecular weight excluding hydrogens is 324 g/mol. The number of halogens is 1. The number of imide groups is 1. The molecule has 0 radical (unpaired) electrons. The maximum absolute atomic E-state index is 13.0. The van der Waals surface area contributed by atoms with Crippen molar-refractivity contribution >= 4 is 29.1 Å². The molecule has 3 rings (SSSR count). The van der Waals surface area contributed by atoms with Crippen molar-refractivity contribution in [2.45, 2.75) is 52.0 Å². The summed E-state index contributed by atoms with van der Waals surface area (Å²) in [6.45, 7) is 4.96. The third-order valence-electron chi connectivity index (χ3n) is 4.99. The van der Waals surface area contributed by atoms with E-state index in [0.29, 0.717) is 11.4 Å². The van der Waals surface area contributed by atoms with Gasteiger partial charge in [0.25, 0.3) is 11.8 Å². The van der Waals surface area contributed by atoms with Gasteiger partial charge in [0.05, 0.1) is 5.69 Å². The van der Waals surface area contributed by atoms with Gasteiger partial charge >= 0.3 is 0 Å². The molecule has 2 amide bonds. The lowest BCUT2D eigenvalue weighted by Gasteiger charge is -2.37. The van der Waals surface area contributed by atoms with Gasteiger partial charge in [-0.3, -0.25) is 9.59 Å². The summed E-state index contributed by atoms with van der Waals surface area (Å²) in [5.74, 6) is -0.712. The molecular formula is C19H23ClN2O2. The molecule has 0 saturated carbocycles. The van der Waals surface area contributed by atoms with Crippen molar-refractivity contribution < 1.29 is 9.59 Å². The number of carbonyl (C=O) groups is 2. The summed E-state index contributed by atoms with van der Waals surface area (Å²) in [6, 6.07) is 7.79. The van der Waals surface area contributed by atoms with Gasteiger partial charge in [0, 0.05) is 12.6 Å². The molecule has 1 aromatic rings. The number of aryl methyl sites for hydroxylation is 1. The van der Waals surface area contributed by atoms with E-state index in [2.05, 4.69) is 13.8 Å². The minimum Gasteiger partial charge on any atom is -0.363 e. The van der Waals surface area contributed by atoms with Crippen LogP contribution >= 0.6 is 11.6 Å². The van der Waals surface area contributed by atoms with Crippen molar-refractivity contribution in [3.63, 3.8) is 0 Å². The van der Waals surface area contributed by atoms with Gasteiger partial charge < -0.3 is 4.90 Å². The van der Waals surface area contributed by atoms with Gasteiger partial charge in [0.15, 0.2) is 0 Å². The SMILES string of the molecule is CCc1ccc(N2C(=O)C(Cl)=C(N3CCCC[C@H]3CC)C2=O)cc1. The van der Waals surface area contributed by atoms with E-state index in [9.17, 15) is 9.59 Å². The first-order chi connectivity index (χ1) is 11.6. The molecule has 2 heterocycles. The average Bonchev–Trinajstić information content (AvgIpc) is 2.84. The lowest BCUT2D eigenvalue weighted by atomic mass is 9.99. The highest BCUT2D eigenvalue weighted by Crippen LogP contribution is 2.35. The number of likely N-dealkylation sites (tertiary alicyclic amines) is 1. The van der Waals surface area contributed by atoms with Crippen molar-refractivity contribution in [1.29, 1.82) is 0 Å². The summed E-state index contributed by atoms with van der Waals surface area (Å²) in [5, 5.41) is 0.0555. The quantitative estimate of drug-likeness (QED) is 0.778. The molecule has 0 aromatic heterocycles. The van der Waals surface area contributed by atoms with Gasteiger partial charge in [-0.25, -0.2) is 4.90 Å². The highest BCUT2D eigenvalue weighted by molar-refractivity contribution is 6.52. The van der Waals surface area contributed by atoms with Gasteiger partial charge in [-0.15, -0.1) is 0 Å². The van der Waals surface area contributed by atoms with Crippen LogP contribution in [0.15, 0.2) is 35.0 Å². The Kier molecular flexibility index (Phi) is 4.95. The van der Waals surface area contributed by atoms with E-state index in [1.807, 2.05) is 29.2 Å². The Hall–Kier alpha value is -1.81. The number of hydrogen-bond donors (Lipinski definition) is 0. The first-order valence-corrected chi connectivity index (χ1v) is 9.10.